The van der Waals surface area contributed by atoms with Crippen LogP contribution in [-0.4, -0.2) is 16.1 Å². The highest BCUT2D eigenvalue weighted by atomic mass is 19.4. The van der Waals surface area contributed by atoms with Crippen LogP contribution in [0.25, 0.3) is 10.9 Å². The van der Waals surface area contributed by atoms with Crippen molar-refractivity contribution < 1.29 is 22.7 Å². The Morgan fingerprint density at radius 2 is 1.73 bits per heavy atom. The van der Waals surface area contributed by atoms with E-state index in [2.05, 4.69) is 15.5 Å². The molecule has 0 unspecified atom stereocenters. The lowest BCUT2D eigenvalue weighted by Gasteiger charge is -2.18. The van der Waals surface area contributed by atoms with Gasteiger partial charge < -0.3 is 10.1 Å². The maximum Gasteiger partial charge on any atom is 0.416 e. The van der Waals surface area contributed by atoms with Gasteiger partial charge in [-0.05, 0) is 55.3 Å². The number of alkyl halides is 3. The van der Waals surface area contributed by atoms with Crippen molar-refractivity contribution in [2.75, 3.05) is 0 Å². The van der Waals surface area contributed by atoms with Crippen LogP contribution in [0.5, 0.6) is 11.6 Å². The van der Waals surface area contributed by atoms with Crippen LogP contribution in [-0.2, 0) is 6.18 Å². The predicted octanol–water partition coefficient (Wildman–Crippen LogP) is 6.24. The number of benzene rings is 3. The van der Waals surface area contributed by atoms with Crippen LogP contribution in [0.2, 0.25) is 0 Å². The molecule has 8 heteroatoms. The van der Waals surface area contributed by atoms with Gasteiger partial charge in [-0.3, -0.25) is 4.79 Å². The predicted molar refractivity (Wildman–Crippen MR) is 118 cm³/mol. The van der Waals surface area contributed by atoms with E-state index in [1.54, 1.807) is 43.3 Å². The van der Waals surface area contributed by atoms with Gasteiger partial charge in [-0.15, -0.1) is 10.2 Å². The molecule has 0 fully saturated rings. The van der Waals surface area contributed by atoms with E-state index < -0.39 is 23.7 Å². The SMILES string of the molecule is Cc1cccc(Oc2nnc3ccccc3c2C(=O)N[C@@H](C)c2cccc(C(F)(F)F)c2)c1. The summed E-state index contributed by atoms with van der Waals surface area (Å²) in [5, 5.41) is 11.5. The zero-order chi connectivity index (χ0) is 23.6. The minimum atomic E-state index is -4.47. The molecule has 4 aromatic rings. The van der Waals surface area contributed by atoms with Crippen molar-refractivity contribution in [2.24, 2.45) is 0 Å². The number of carbonyl (C=O) groups is 1. The molecule has 1 heterocycles. The second-order valence-corrected chi connectivity index (χ2v) is 7.63. The summed E-state index contributed by atoms with van der Waals surface area (Å²) in [5.74, 6) is -0.0405. The number of nitrogens with zero attached hydrogens (tertiary/aromatic N) is 2. The van der Waals surface area contributed by atoms with Gasteiger partial charge in [-0.25, -0.2) is 0 Å². The van der Waals surface area contributed by atoms with Crippen molar-refractivity contribution in [3.63, 3.8) is 0 Å². The Bertz CT molecular complexity index is 1320. The summed E-state index contributed by atoms with van der Waals surface area (Å²) < 4.78 is 45.2. The Balaban J connectivity index is 1.69. The quantitative estimate of drug-likeness (QED) is 0.390. The molecule has 4 rings (SSSR count). The summed E-state index contributed by atoms with van der Waals surface area (Å²) >= 11 is 0. The Morgan fingerprint density at radius 3 is 2.48 bits per heavy atom. The van der Waals surface area contributed by atoms with Crippen molar-refractivity contribution in [3.8, 4) is 11.6 Å². The zero-order valence-corrected chi connectivity index (χ0v) is 17.9. The van der Waals surface area contributed by atoms with Gasteiger partial charge in [0.1, 0.15) is 11.3 Å². The van der Waals surface area contributed by atoms with Gasteiger partial charge in [0.25, 0.3) is 11.8 Å². The number of ether oxygens (including phenoxy) is 1. The fourth-order valence-corrected chi connectivity index (χ4v) is 3.45. The van der Waals surface area contributed by atoms with Gasteiger partial charge in [-0.1, -0.05) is 42.5 Å². The van der Waals surface area contributed by atoms with Crippen LogP contribution in [0.15, 0.2) is 72.8 Å². The second kappa shape index (κ2) is 8.90. The molecule has 0 radical (unpaired) electrons. The monoisotopic (exact) mass is 451 g/mol. The van der Waals surface area contributed by atoms with Crippen LogP contribution in [0.1, 0.15) is 40.0 Å². The summed E-state index contributed by atoms with van der Waals surface area (Å²) in [5.41, 5.74) is 1.16. The van der Waals surface area contributed by atoms with Crippen molar-refractivity contribution in [2.45, 2.75) is 26.1 Å². The number of aryl methyl sites for hydroxylation is 1. The Hall–Kier alpha value is -3.94. The van der Waals surface area contributed by atoms with Crippen LogP contribution in [0.3, 0.4) is 0 Å². The minimum Gasteiger partial charge on any atom is -0.437 e. The van der Waals surface area contributed by atoms with Crippen LogP contribution < -0.4 is 10.1 Å². The summed E-state index contributed by atoms with van der Waals surface area (Å²) in [7, 11) is 0. The molecule has 0 aliphatic carbocycles. The largest absolute Gasteiger partial charge is 0.437 e. The topological polar surface area (TPSA) is 64.1 Å². The van der Waals surface area contributed by atoms with Crippen molar-refractivity contribution in [1.29, 1.82) is 0 Å². The summed E-state index contributed by atoms with van der Waals surface area (Å²) in [6.07, 6.45) is -4.47. The number of halogens is 3. The van der Waals surface area contributed by atoms with Gasteiger partial charge in [0, 0.05) is 5.39 Å². The van der Waals surface area contributed by atoms with E-state index in [4.69, 9.17) is 4.74 Å². The van der Waals surface area contributed by atoms with E-state index in [1.165, 1.54) is 12.1 Å². The molecule has 0 saturated carbocycles. The van der Waals surface area contributed by atoms with E-state index in [9.17, 15) is 18.0 Å². The number of rotatable bonds is 5. The molecule has 3 aromatic carbocycles. The normalized spacial score (nSPS) is 12.4. The number of aromatic nitrogens is 2. The molecule has 1 atom stereocenters. The molecule has 1 N–H and O–H groups in total. The van der Waals surface area contributed by atoms with Gasteiger partial charge in [0.2, 0.25) is 0 Å². The number of hydrogen-bond donors (Lipinski definition) is 1. The van der Waals surface area contributed by atoms with Crippen molar-refractivity contribution in [3.05, 3.63) is 95.1 Å². The first-order chi connectivity index (χ1) is 15.7. The number of fused-ring (bicyclic) bond motifs is 1. The highest BCUT2D eigenvalue weighted by molar-refractivity contribution is 6.08. The lowest BCUT2D eigenvalue weighted by molar-refractivity contribution is -0.137. The number of nitrogens with one attached hydrogen (secondary N) is 1. The van der Waals surface area contributed by atoms with Crippen molar-refractivity contribution in [1.82, 2.24) is 15.5 Å². The molecule has 5 nitrogen and oxygen atoms in total. The summed E-state index contributed by atoms with van der Waals surface area (Å²) in [4.78, 5) is 13.3. The van der Waals surface area contributed by atoms with Crippen LogP contribution in [0, 0.1) is 6.92 Å². The molecular weight excluding hydrogens is 431 g/mol. The van der Waals surface area contributed by atoms with Crippen LogP contribution >= 0.6 is 0 Å². The number of hydrogen-bond acceptors (Lipinski definition) is 4. The maximum atomic E-state index is 13.3. The first-order valence-electron chi connectivity index (χ1n) is 10.2. The highest BCUT2D eigenvalue weighted by Crippen LogP contribution is 2.32. The fourth-order valence-electron chi connectivity index (χ4n) is 3.45. The highest BCUT2D eigenvalue weighted by Gasteiger charge is 2.31. The molecule has 0 spiro atoms. The fraction of sp³-hybridized carbons (Fsp3) is 0.160. The van der Waals surface area contributed by atoms with E-state index in [0.717, 1.165) is 17.7 Å². The van der Waals surface area contributed by atoms with E-state index in [0.29, 0.717) is 22.2 Å². The lowest BCUT2D eigenvalue weighted by atomic mass is 10.0. The number of carbonyl (C=O) groups excluding carboxylic acids is 1. The molecule has 0 aliphatic heterocycles. The minimum absolute atomic E-state index is 0.00745. The Labute approximate surface area is 188 Å². The summed E-state index contributed by atoms with van der Waals surface area (Å²) in [6, 6.07) is 18.4. The standard InChI is InChI=1S/C25H20F3N3O2/c1-15-7-5-10-19(13-15)33-24-22(20-11-3-4-12-21(20)30-31-24)23(32)29-16(2)17-8-6-9-18(14-17)25(26,27)28/h3-14,16H,1-2H3,(H,29,32)/t16-/m0/s1. The van der Waals surface area contributed by atoms with Crippen LogP contribution in [0.4, 0.5) is 13.2 Å². The Kier molecular flexibility index (Phi) is 6.00. The molecular formula is C25H20F3N3O2. The summed E-state index contributed by atoms with van der Waals surface area (Å²) in [6.45, 7) is 3.52. The average Bonchev–Trinajstić information content (AvgIpc) is 2.78. The molecule has 1 amide bonds. The smallest absolute Gasteiger partial charge is 0.416 e. The van der Waals surface area contributed by atoms with Gasteiger partial charge in [-0.2, -0.15) is 13.2 Å². The first kappa shape index (κ1) is 22.3. The van der Waals surface area contributed by atoms with Gasteiger partial charge in [0.15, 0.2) is 0 Å². The lowest BCUT2D eigenvalue weighted by Crippen LogP contribution is -2.28. The molecule has 1 aromatic heterocycles. The van der Waals surface area contributed by atoms with Gasteiger partial charge in [0.05, 0.1) is 17.1 Å². The molecule has 0 bridgehead atoms. The third-order valence-corrected chi connectivity index (χ3v) is 5.13. The van der Waals surface area contributed by atoms with E-state index in [-0.39, 0.29) is 11.4 Å². The molecule has 0 aliphatic rings. The first-order valence-corrected chi connectivity index (χ1v) is 10.2. The molecule has 33 heavy (non-hydrogen) atoms. The zero-order valence-electron chi connectivity index (χ0n) is 17.9. The average molecular weight is 451 g/mol. The maximum absolute atomic E-state index is 13.3. The van der Waals surface area contributed by atoms with Gasteiger partial charge >= 0.3 is 6.18 Å². The van der Waals surface area contributed by atoms with E-state index >= 15 is 0 Å². The Morgan fingerprint density at radius 1 is 0.970 bits per heavy atom. The molecule has 168 valence electrons. The second-order valence-electron chi connectivity index (χ2n) is 7.63. The molecule has 0 saturated heterocycles. The third-order valence-electron chi connectivity index (χ3n) is 5.13. The van der Waals surface area contributed by atoms with Crippen molar-refractivity contribution >= 4 is 16.8 Å². The number of amides is 1. The van der Waals surface area contributed by atoms with E-state index in [1.807, 2.05) is 19.1 Å². The third kappa shape index (κ3) is 4.95.